The highest BCUT2D eigenvalue weighted by Crippen LogP contribution is 2.26. The molecule has 0 unspecified atom stereocenters. The van der Waals surface area contributed by atoms with Gasteiger partial charge in [0.1, 0.15) is 12.1 Å². The zero-order valence-electron chi connectivity index (χ0n) is 11.4. The summed E-state index contributed by atoms with van der Waals surface area (Å²) >= 11 is 5.61. The maximum atomic E-state index is 12.5. The second-order valence-electron chi connectivity index (χ2n) is 4.25. The normalized spacial score (nSPS) is 11.3. The number of amides is 1. The van der Waals surface area contributed by atoms with E-state index in [1.807, 2.05) is 0 Å². The number of carbonyl (C=O) groups excluding carboxylic acids is 1. The van der Waals surface area contributed by atoms with Crippen LogP contribution in [-0.4, -0.2) is 48.7 Å². The van der Waals surface area contributed by atoms with E-state index in [9.17, 15) is 28.1 Å². The SMILES string of the molecule is COCCN(CC(F)(F)F)C(=O)c1ccc(Cl)cc1[N+](=O)[O-]. The first-order valence-electron chi connectivity index (χ1n) is 5.94. The summed E-state index contributed by atoms with van der Waals surface area (Å²) in [5, 5.41) is 10.9. The number of rotatable bonds is 6. The van der Waals surface area contributed by atoms with Gasteiger partial charge >= 0.3 is 6.18 Å². The van der Waals surface area contributed by atoms with Crippen molar-refractivity contribution in [2.45, 2.75) is 6.18 Å². The van der Waals surface area contributed by atoms with Gasteiger partial charge in [0.05, 0.1) is 11.5 Å². The van der Waals surface area contributed by atoms with E-state index in [4.69, 9.17) is 11.6 Å². The smallest absolute Gasteiger partial charge is 0.383 e. The third-order valence-electron chi connectivity index (χ3n) is 2.61. The fourth-order valence-electron chi connectivity index (χ4n) is 1.68. The molecule has 22 heavy (non-hydrogen) atoms. The van der Waals surface area contributed by atoms with Crippen LogP contribution in [0.5, 0.6) is 0 Å². The molecule has 6 nitrogen and oxygen atoms in total. The molecule has 0 atom stereocenters. The lowest BCUT2D eigenvalue weighted by Gasteiger charge is -2.23. The molecule has 0 N–H and O–H groups in total. The molecule has 0 bridgehead atoms. The van der Waals surface area contributed by atoms with Gasteiger partial charge in [-0.1, -0.05) is 11.6 Å². The highest BCUT2D eigenvalue weighted by molar-refractivity contribution is 6.31. The molecule has 0 aliphatic carbocycles. The molecule has 1 aromatic rings. The van der Waals surface area contributed by atoms with Crippen molar-refractivity contribution < 1.29 is 27.6 Å². The fraction of sp³-hybridized carbons (Fsp3) is 0.417. The Morgan fingerprint density at radius 3 is 2.59 bits per heavy atom. The summed E-state index contributed by atoms with van der Waals surface area (Å²) < 4.78 is 42.3. The number of ether oxygens (including phenoxy) is 1. The van der Waals surface area contributed by atoms with Gasteiger partial charge in [0.2, 0.25) is 0 Å². The molecule has 10 heteroatoms. The summed E-state index contributed by atoms with van der Waals surface area (Å²) in [5.41, 5.74) is -1.11. The minimum absolute atomic E-state index is 0.00233. The van der Waals surface area contributed by atoms with Gasteiger partial charge in [-0.25, -0.2) is 0 Å². The van der Waals surface area contributed by atoms with Crippen LogP contribution in [0.2, 0.25) is 5.02 Å². The first-order chi connectivity index (χ1) is 10.2. The van der Waals surface area contributed by atoms with Crippen molar-refractivity contribution in [1.82, 2.24) is 4.90 Å². The van der Waals surface area contributed by atoms with Crippen LogP contribution < -0.4 is 0 Å². The highest BCUT2D eigenvalue weighted by Gasteiger charge is 2.35. The topological polar surface area (TPSA) is 72.7 Å². The molecule has 0 spiro atoms. The Kier molecular flexibility index (Phi) is 6.12. The second-order valence-corrected chi connectivity index (χ2v) is 4.69. The molecule has 1 rings (SSSR count). The number of carbonyl (C=O) groups is 1. The Balaban J connectivity index is 3.15. The average Bonchev–Trinajstić information content (AvgIpc) is 2.41. The van der Waals surface area contributed by atoms with Gasteiger partial charge in [-0.15, -0.1) is 0 Å². The molecule has 0 radical (unpaired) electrons. The van der Waals surface area contributed by atoms with E-state index in [1.54, 1.807) is 0 Å². The van der Waals surface area contributed by atoms with Crippen LogP contribution in [0, 0.1) is 10.1 Å². The number of benzene rings is 1. The van der Waals surface area contributed by atoms with E-state index in [0.717, 1.165) is 12.1 Å². The zero-order chi connectivity index (χ0) is 16.9. The lowest BCUT2D eigenvalue weighted by atomic mass is 10.1. The minimum Gasteiger partial charge on any atom is -0.383 e. The largest absolute Gasteiger partial charge is 0.406 e. The van der Waals surface area contributed by atoms with Crippen LogP contribution in [0.25, 0.3) is 0 Å². The standard InChI is InChI=1S/C12H12ClF3N2O4/c1-22-5-4-17(7-12(14,15)16)11(19)9-3-2-8(13)6-10(9)18(20)21/h2-3,6H,4-5,7H2,1H3. The molecule has 0 heterocycles. The number of nitro groups is 1. The zero-order valence-corrected chi connectivity index (χ0v) is 12.1. The van der Waals surface area contributed by atoms with Crippen molar-refractivity contribution in [1.29, 1.82) is 0 Å². The summed E-state index contributed by atoms with van der Waals surface area (Å²) in [4.78, 5) is 22.7. The second kappa shape index (κ2) is 7.41. The monoisotopic (exact) mass is 340 g/mol. The molecular formula is C12H12ClF3N2O4. The highest BCUT2D eigenvalue weighted by atomic mass is 35.5. The van der Waals surface area contributed by atoms with Crippen molar-refractivity contribution in [3.05, 3.63) is 38.9 Å². The maximum absolute atomic E-state index is 12.5. The average molecular weight is 341 g/mol. The number of hydrogen-bond donors (Lipinski definition) is 0. The minimum atomic E-state index is -4.63. The van der Waals surface area contributed by atoms with Gasteiger partial charge in [0.15, 0.2) is 0 Å². The van der Waals surface area contributed by atoms with Gasteiger partial charge < -0.3 is 9.64 Å². The van der Waals surface area contributed by atoms with Gasteiger partial charge in [-0.3, -0.25) is 14.9 Å². The Hall–Kier alpha value is -1.87. The summed E-state index contributed by atoms with van der Waals surface area (Å²) in [7, 11) is 1.26. The van der Waals surface area contributed by atoms with Crippen LogP contribution in [0.3, 0.4) is 0 Å². The van der Waals surface area contributed by atoms with E-state index in [0.29, 0.717) is 4.90 Å². The van der Waals surface area contributed by atoms with Gasteiger partial charge in [-0.2, -0.15) is 13.2 Å². The number of alkyl halides is 3. The number of nitro benzene ring substituents is 1. The summed E-state index contributed by atoms with van der Waals surface area (Å²) in [6.07, 6.45) is -4.63. The Morgan fingerprint density at radius 2 is 2.09 bits per heavy atom. The van der Waals surface area contributed by atoms with Crippen LogP contribution in [0.15, 0.2) is 18.2 Å². The van der Waals surface area contributed by atoms with E-state index in [1.165, 1.54) is 13.2 Å². The van der Waals surface area contributed by atoms with Crippen LogP contribution in [-0.2, 0) is 4.74 Å². The number of methoxy groups -OCH3 is 1. The molecule has 1 aromatic carbocycles. The van der Waals surface area contributed by atoms with Crippen LogP contribution in [0.1, 0.15) is 10.4 Å². The lowest BCUT2D eigenvalue weighted by molar-refractivity contribution is -0.385. The molecule has 0 saturated carbocycles. The van der Waals surface area contributed by atoms with Gasteiger partial charge in [-0.05, 0) is 12.1 Å². The molecule has 122 valence electrons. The van der Waals surface area contributed by atoms with Crippen molar-refractivity contribution >= 4 is 23.2 Å². The molecule has 0 fully saturated rings. The quantitative estimate of drug-likeness (QED) is 0.589. The van der Waals surface area contributed by atoms with E-state index >= 15 is 0 Å². The third kappa shape index (κ3) is 5.15. The number of nitrogens with zero attached hydrogens (tertiary/aromatic N) is 2. The molecule has 0 aromatic heterocycles. The number of hydrogen-bond acceptors (Lipinski definition) is 4. The maximum Gasteiger partial charge on any atom is 0.406 e. The lowest BCUT2D eigenvalue weighted by Crippen LogP contribution is -2.41. The van der Waals surface area contributed by atoms with Gasteiger partial charge in [0.25, 0.3) is 11.6 Å². The predicted molar refractivity (Wildman–Crippen MR) is 71.9 cm³/mol. The number of halogens is 4. The predicted octanol–water partition coefficient (Wildman–Crippen LogP) is 2.90. The van der Waals surface area contributed by atoms with Gasteiger partial charge in [0, 0.05) is 24.7 Å². The Labute approximate surface area is 128 Å². The Bertz CT molecular complexity index is 566. The van der Waals surface area contributed by atoms with Crippen LogP contribution in [0.4, 0.5) is 18.9 Å². The third-order valence-corrected chi connectivity index (χ3v) is 2.84. The molecule has 0 aliphatic rings. The Morgan fingerprint density at radius 1 is 1.45 bits per heavy atom. The van der Waals surface area contributed by atoms with E-state index in [2.05, 4.69) is 4.74 Å². The van der Waals surface area contributed by atoms with Crippen molar-refractivity contribution in [3.8, 4) is 0 Å². The van der Waals surface area contributed by atoms with Crippen molar-refractivity contribution in [2.24, 2.45) is 0 Å². The fourth-order valence-corrected chi connectivity index (χ4v) is 1.84. The van der Waals surface area contributed by atoms with Crippen molar-refractivity contribution in [2.75, 3.05) is 26.8 Å². The van der Waals surface area contributed by atoms with E-state index < -0.39 is 34.8 Å². The molecule has 1 amide bonds. The van der Waals surface area contributed by atoms with E-state index in [-0.39, 0.29) is 18.2 Å². The summed E-state index contributed by atoms with van der Waals surface area (Å²) in [6, 6.07) is 3.14. The summed E-state index contributed by atoms with van der Waals surface area (Å²) in [5.74, 6) is -1.11. The van der Waals surface area contributed by atoms with Crippen LogP contribution >= 0.6 is 11.6 Å². The molecular weight excluding hydrogens is 329 g/mol. The molecule has 0 aliphatic heterocycles. The van der Waals surface area contributed by atoms with Crippen molar-refractivity contribution in [3.63, 3.8) is 0 Å². The molecule has 0 saturated heterocycles. The first-order valence-corrected chi connectivity index (χ1v) is 6.32. The first kappa shape index (κ1) is 18.2. The summed E-state index contributed by atoms with van der Waals surface area (Å²) in [6.45, 7) is -2.02.